The minimum Gasteiger partial charge on any atom is -0.507 e. The van der Waals surface area contributed by atoms with Crippen molar-refractivity contribution in [1.82, 2.24) is 19.6 Å². The van der Waals surface area contributed by atoms with E-state index >= 15 is 0 Å². The smallest absolute Gasteiger partial charge is 0.124 e. The lowest BCUT2D eigenvalue weighted by atomic mass is 10.1. The van der Waals surface area contributed by atoms with Gasteiger partial charge in [0, 0.05) is 74.6 Å². The number of hydrogen-bond donors (Lipinski definition) is 2. The Balaban J connectivity index is 1.47. The molecule has 2 aromatic rings. The van der Waals surface area contributed by atoms with Gasteiger partial charge >= 0.3 is 0 Å². The van der Waals surface area contributed by atoms with E-state index in [1.54, 1.807) is 0 Å². The Morgan fingerprint density at radius 3 is 1.07 bits per heavy atom. The highest BCUT2D eigenvalue weighted by Crippen LogP contribution is 2.30. The van der Waals surface area contributed by atoms with Crippen LogP contribution in [0.3, 0.4) is 0 Å². The van der Waals surface area contributed by atoms with E-state index in [1.165, 1.54) is 0 Å². The van der Waals surface area contributed by atoms with E-state index in [2.05, 4.69) is 31.7 Å². The van der Waals surface area contributed by atoms with Gasteiger partial charge < -0.3 is 10.2 Å². The minimum atomic E-state index is 0.453. The van der Waals surface area contributed by atoms with E-state index in [-0.39, 0.29) is 0 Å². The molecule has 6 nitrogen and oxygen atoms in total. The van der Waals surface area contributed by atoms with Crippen LogP contribution in [0.1, 0.15) is 22.3 Å². The van der Waals surface area contributed by atoms with Gasteiger partial charge in [0.2, 0.25) is 0 Å². The summed E-state index contributed by atoms with van der Waals surface area (Å²) in [5, 5.41) is 21.7. The van der Waals surface area contributed by atoms with Gasteiger partial charge in [0.05, 0.1) is 13.3 Å². The molecule has 2 N–H and O–H groups in total. The highest BCUT2D eigenvalue weighted by molar-refractivity contribution is 5.41. The van der Waals surface area contributed by atoms with Crippen molar-refractivity contribution in [3.8, 4) is 11.5 Å². The quantitative estimate of drug-likeness (QED) is 0.729. The summed E-state index contributed by atoms with van der Waals surface area (Å²) < 4.78 is 0. The molecule has 0 aliphatic carbocycles. The molecule has 5 rings (SSSR count). The zero-order valence-corrected chi connectivity index (χ0v) is 16.2. The van der Waals surface area contributed by atoms with Gasteiger partial charge in [0.1, 0.15) is 11.5 Å². The number of nitrogens with zero attached hydrogens (tertiary/aromatic N) is 4. The number of hydrogen-bond acceptors (Lipinski definition) is 6. The van der Waals surface area contributed by atoms with E-state index in [9.17, 15) is 10.2 Å². The molecule has 8 bridgehead atoms. The summed E-state index contributed by atoms with van der Waals surface area (Å²) in [5.41, 5.74) is 4.03. The second-order valence-corrected chi connectivity index (χ2v) is 8.34. The van der Waals surface area contributed by atoms with E-state index in [4.69, 9.17) is 0 Å². The molecule has 0 spiro atoms. The molecule has 4 atom stereocenters. The molecule has 4 unspecified atom stereocenters. The number of aromatic hydroxyl groups is 2. The second-order valence-electron chi connectivity index (χ2n) is 8.34. The minimum absolute atomic E-state index is 0.453. The van der Waals surface area contributed by atoms with Crippen LogP contribution in [0.5, 0.6) is 11.5 Å². The van der Waals surface area contributed by atoms with Crippen LogP contribution in [-0.2, 0) is 26.2 Å². The fourth-order valence-corrected chi connectivity index (χ4v) is 4.69. The van der Waals surface area contributed by atoms with E-state index in [0.29, 0.717) is 11.5 Å². The van der Waals surface area contributed by atoms with Crippen LogP contribution in [0.4, 0.5) is 0 Å². The van der Waals surface area contributed by atoms with Crippen molar-refractivity contribution in [2.75, 3.05) is 39.5 Å². The van der Waals surface area contributed by atoms with Crippen LogP contribution in [0.25, 0.3) is 0 Å². The monoisotopic (exact) mass is 380 g/mol. The number of benzene rings is 2. The van der Waals surface area contributed by atoms with E-state index < -0.39 is 0 Å². The maximum absolute atomic E-state index is 10.8. The van der Waals surface area contributed by atoms with E-state index in [0.717, 1.165) is 87.9 Å². The van der Waals surface area contributed by atoms with Crippen molar-refractivity contribution in [3.05, 3.63) is 58.7 Å². The van der Waals surface area contributed by atoms with Crippen molar-refractivity contribution < 1.29 is 10.2 Å². The van der Waals surface area contributed by atoms with Crippen LogP contribution in [0.2, 0.25) is 0 Å². The Kier molecular flexibility index (Phi) is 4.72. The standard InChI is InChI=1S/C22H28N4O2/c27-21-17-3-1-4-18(21)12-24-8-10-26(16-24)14-20-6-2-5-19(22(20)28)13-25-9-7-23(11-17)15-25/h1-6,27-28H,7-16H2. The van der Waals surface area contributed by atoms with Gasteiger partial charge in [-0.2, -0.15) is 0 Å². The summed E-state index contributed by atoms with van der Waals surface area (Å²) >= 11 is 0. The SMILES string of the molecule is Oc1c2cccc1CN1CCN(Cc3cccc(c3O)CN3CCN(C2)C3)C1. The Labute approximate surface area is 166 Å². The first-order chi connectivity index (χ1) is 13.7. The molecular weight excluding hydrogens is 352 g/mol. The zero-order valence-electron chi connectivity index (χ0n) is 16.2. The molecule has 0 amide bonds. The third-order valence-electron chi connectivity index (χ3n) is 6.25. The molecule has 3 aliphatic rings. The first-order valence-electron chi connectivity index (χ1n) is 10.1. The third kappa shape index (κ3) is 3.49. The van der Waals surface area contributed by atoms with Crippen LogP contribution in [0, 0.1) is 0 Å². The molecule has 0 radical (unpaired) electrons. The lowest BCUT2D eigenvalue weighted by Crippen LogP contribution is -2.27. The Morgan fingerprint density at radius 1 is 0.500 bits per heavy atom. The van der Waals surface area contributed by atoms with Crippen molar-refractivity contribution in [1.29, 1.82) is 0 Å². The van der Waals surface area contributed by atoms with E-state index in [1.807, 2.05) is 24.3 Å². The number of phenols is 2. The average Bonchev–Trinajstić information content (AvgIpc) is 3.31. The molecule has 6 heteroatoms. The second kappa shape index (κ2) is 7.37. The number of rotatable bonds is 0. The molecule has 3 heterocycles. The number of fused-ring (bicyclic) bond motifs is 8. The van der Waals surface area contributed by atoms with Crippen molar-refractivity contribution in [2.24, 2.45) is 0 Å². The van der Waals surface area contributed by atoms with Gasteiger partial charge in [-0.1, -0.05) is 36.4 Å². The van der Waals surface area contributed by atoms with Gasteiger partial charge in [-0.05, 0) is 0 Å². The number of phenolic OH excluding ortho intramolecular Hbond substituents is 2. The Bertz CT molecular complexity index is 740. The lowest BCUT2D eigenvalue weighted by molar-refractivity contribution is 0.224. The third-order valence-corrected chi connectivity index (χ3v) is 6.25. The molecule has 28 heavy (non-hydrogen) atoms. The van der Waals surface area contributed by atoms with Gasteiger partial charge in [-0.25, -0.2) is 0 Å². The predicted molar refractivity (Wildman–Crippen MR) is 108 cm³/mol. The van der Waals surface area contributed by atoms with Gasteiger partial charge in [0.15, 0.2) is 0 Å². The summed E-state index contributed by atoms with van der Waals surface area (Å²) in [6, 6.07) is 12.3. The predicted octanol–water partition coefficient (Wildman–Crippen LogP) is 1.96. The van der Waals surface area contributed by atoms with Crippen LogP contribution < -0.4 is 0 Å². The first kappa shape index (κ1) is 17.9. The first-order valence-corrected chi connectivity index (χ1v) is 10.1. The summed E-state index contributed by atoms with van der Waals surface area (Å²) in [4.78, 5) is 9.46. The topological polar surface area (TPSA) is 53.4 Å². The molecule has 2 aromatic carbocycles. The molecule has 0 aromatic heterocycles. The fraction of sp³-hybridized carbons (Fsp3) is 0.455. The molecule has 0 saturated carbocycles. The van der Waals surface area contributed by atoms with Crippen molar-refractivity contribution >= 4 is 0 Å². The molecular formula is C22H28N4O2. The van der Waals surface area contributed by atoms with Gasteiger partial charge in [-0.15, -0.1) is 0 Å². The maximum atomic E-state index is 10.8. The highest BCUT2D eigenvalue weighted by Gasteiger charge is 2.26. The highest BCUT2D eigenvalue weighted by atomic mass is 16.3. The maximum Gasteiger partial charge on any atom is 0.124 e. The zero-order chi connectivity index (χ0) is 19.1. The lowest BCUT2D eigenvalue weighted by Gasteiger charge is -2.23. The normalized spacial score (nSPS) is 29.7. The Morgan fingerprint density at radius 2 is 0.786 bits per heavy atom. The van der Waals surface area contributed by atoms with Crippen LogP contribution >= 0.6 is 0 Å². The van der Waals surface area contributed by atoms with Gasteiger partial charge in [0.25, 0.3) is 0 Å². The summed E-state index contributed by atoms with van der Waals surface area (Å²) in [5.74, 6) is 0.906. The van der Waals surface area contributed by atoms with Crippen LogP contribution in [-0.4, -0.2) is 69.3 Å². The summed E-state index contributed by atoms with van der Waals surface area (Å²) in [6.07, 6.45) is 0. The largest absolute Gasteiger partial charge is 0.507 e. The van der Waals surface area contributed by atoms with Crippen molar-refractivity contribution in [3.63, 3.8) is 0 Å². The average molecular weight is 380 g/mol. The van der Waals surface area contributed by atoms with Crippen LogP contribution in [0.15, 0.2) is 36.4 Å². The fourth-order valence-electron chi connectivity index (χ4n) is 4.69. The molecule has 2 saturated heterocycles. The summed E-state index contributed by atoms with van der Waals surface area (Å²) in [7, 11) is 0. The van der Waals surface area contributed by atoms with Gasteiger partial charge in [-0.3, -0.25) is 19.6 Å². The molecule has 3 aliphatic heterocycles. The Hall–Kier alpha value is -2.12. The summed E-state index contributed by atoms with van der Waals surface area (Å²) in [6.45, 7) is 8.64. The number of para-hydroxylation sites is 2. The molecule has 148 valence electrons. The van der Waals surface area contributed by atoms with Crippen molar-refractivity contribution in [2.45, 2.75) is 26.2 Å². The molecule has 2 fully saturated rings.